The maximum Gasteiger partial charge on any atom is 0.326 e. The number of nitrogens with one attached hydrogen (secondary N) is 1. The molecule has 37 heavy (non-hydrogen) atoms. The van der Waals surface area contributed by atoms with Crippen molar-refractivity contribution in [1.82, 2.24) is 4.90 Å². The van der Waals surface area contributed by atoms with E-state index in [2.05, 4.69) is 5.32 Å². The number of imide groups is 1. The van der Waals surface area contributed by atoms with Crippen LogP contribution in [0, 0.1) is 25.7 Å². The van der Waals surface area contributed by atoms with Crippen LogP contribution in [-0.4, -0.2) is 41.7 Å². The smallest absolute Gasteiger partial charge is 0.326 e. The predicted molar refractivity (Wildman–Crippen MR) is 136 cm³/mol. The van der Waals surface area contributed by atoms with E-state index in [0.29, 0.717) is 5.69 Å². The van der Waals surface area contributed by atoms with E-state index in [4.69, 9.17) is 4.74 Å². The lowest BCUT2D eigenvalue weighted by molar-refractivity contribution is -0.154. The summed E-state index contributed by atoms with van der Waals surface area (Å²) in [6, 6.07) is 21.5. The van der Waals surface area contributed by atoms with Gasteiger partial charge in [0.15, 0.2) is 6.61 Å². The molecule has 2 bridgehead atoms. The summed E-state index contributed by atoms with van der Waals surface area (Å²) in [6.07, 6.45) is 0. The molecule has 3 aromatic rings. The van der Waals surface area contributed by atoms with Gasteiger partial charge in [-0.2, -0.15) is 0 Å². The number of hydrogen-bond acceptors (Lipinski definition) is 5. The normalized spacial score (nSPS) is 22.8. The Balaban J connectivity index is 1.18. The molecular weight excluding hydrogens is 468 g/mol. The maximum absolute atomic E-state index is 13.6. The molecule has 3 amide bonds. The van der Waals surface area contributed by atoms with Crippen molar-refractivity contribution in [2.75, 3.05) is 18.5 Å². The highest BCUT2D eigenvalue weighted by Crippen LogP contribution is 2.60. The lowest BCUT2D eigenvalue weighted by Crippen LogP contribution is -2.41. The number of amides is 3. The van der Waals surface area contributed by atoms with Crippen LogP contribution >= 0.6 is 0 Å². The fourth-order valence-electron chi connectivity index (χ4n) is 6.36. The molecular formula is C30H26N2O5. The fourth-order valence-corrected chi connectivity index (χ4v) is 6.36. The van der Waals surface area contributed by atoms with Crippen molar-refractivity contribution in [1.29, 1.82) is 0 Å². The zero-order valence-electron chi connectivity index (χ0n) is 20.6. The van der Waals surface area contributed by atoms with Crippen molar-refractivity contribution < 1.29 is 23.9 Å². The Morgan fingerprint density at radius 3 is 1.81 bits per heavy atom. The van der Waals surface area contributed by atoms with E-state index in [0.717, 1.165) is 38.3 Å². The average molecular weight is 495 g/mol. The third-order valence-corrected chi connectivity index (χ3v) is 7.85. The Bertz CT molecular complexity index is 1360. The molecule has 1 saturated heterocycles. The summed E-state index contributed by atoms with van der Waals surface area (Å²) in [6.45, 7) is 2.83. The highest BCUT2D eigenvalue weighted by atomic mass is 16.5. The van der Waals surface area contributed by atoms with Crippen LogP contribution in [0.5, 0.6) is 0 Å². The number of aryl methyl sites for hydroxylation is 2. The van der Waals surface area contributed by atoms with Crippen molar-refractivity contribution >= 4 is 29.4 Å². The van der Waals surface area contributed by atoms with Gasteiger partial charge < -0.3 is 10.1 Å². The van der Waals surface area contributed by atoms with E-state index < -0.39 is 36.9 Å². The van der Waals surface area contributed by atoms with E-state index in [-0.39, 0.29) is 23.7 Å². The number of nitrogens with zero attached hydrogens (tertiary/aromatic N) is 1. The molecule has 0 spiro atoms. The predicted octanol–water partition coefficient (Wildman–Crippen LogP) is 3.68. The first-order valence-electron chi connectivity index (χ1n) is 12.4. The number of benzene rings is 3. The minimum Gasteiger partial charge on any atom is -0.454 e. The fraction of sp³-hybridized carbons (Fsp3) is 0.267. The molecule has 1 N–H and O–H groups in total. The number of hydrogen-bond donors (Lipinski definition) is 1. The molecule has 4 aliphatic rings. The largest absolute Gasteiger partial charge is 0.454 e. The Hall–Kier alpha value is -4.26. The third kappa shape index (κ3) is 3.65. The number of rotatable bonds is 5. The first kappa shape index (κ1) is 23.2. The van der Waals surface area contributed by atoms with Crippen molar-refractivity contribution in [3.05, 3.63) is 100 Å². The van der Waals surface area contributed by atoms with Crippen LogP contribution in [-0.2, 0) is 23.9 Å². The van der Waals surface area contributed by atoms with Crippen LogP contribution in [0.25, 0.3) is 0 Å². The second kappa shape index (κ2) is 8.69. The molecule has 0 unspecified atom stereocenters. The van der Waals surface area contributed by atoms with E-state index >= 15 is 0 Å². The van der Waals surface area contributed by atoms with Gasteiger partial charge in [0.2, 0.25) is 11.8 Å². The first-order valence-corrected chi connectivity index (χ1v) is 12.4. The van der Waals surface area contributed by atoms with E-state index in [1.807, 2.05) is 74.5 Å². The number of ether oxygens (including phenoxy) is 1. The summed E-state index contributed by atoms with van der Waals surface area (Å²) in [5.41, 5.74) is 6.88. The molecule has 0 saturated carbocycles. The zero-order valence-corrected chi connectivity index (χ0v) is 20.6. The monoisotopic (exact) mass is 494 g/mol. The van der Waals surface area contributed by atoms with Gasteiger partial charge in [0.25, 0.3) is 5.91 Å². The zero-order chi connectivity index (χ0) is 25.8. The van der Waals surface area contributed by atoms with Gasteiger partial charge in [0.05, 0.1) is 11.8 Å². The quantitative estimate of drug-likeness (QED) is 0.432. The van der Waals surface area contributed by atoms with Gasteiger partial charge >= 0.3 is 5.97 Å². The first-order chi connectivity index (χ1) is 17.8. The summed E-state index contributed by atoms with van der Waals surface area (Å²) in [5, 5.41) is 2.72. The minimum absolute atomic E-state index is 0.233. The highest BCUT2D eigenvalue weighted by Gasteiger charge is 2.61. The lowest BCUT2D eigenvalue weighted by Gasteiger charge is -2.45. The highest BCUT2D eigenvalue weighted by molar-refractivity contribution is 6.09. The van der Waals surface area contributed by atoms with Gasteiger partial charge in [-0.25, -0.2) is 0 Å². The standard InChI is InChI=1S/C30H26N2O5/c1-16-11-12-22(17(2)13-16)31-23(33)15-37-24(34)14-32-29(35)27-25-18-7-3-4-8-19(18)26(28(27)30(32)36)21-10-6-5-9-20(21)25/h3-13,25-28H,14-15H2,1-2H3,(H,31,33)/t25?,26?,27-,28-/m0/s1. The molecule has 0 aromatic heterocycles. The Morgan fingerprint density at radius 2 is 1.32 bits per heavy atom. The lowest BCUT2D eigenvalue weighted by atomic mass is 9.55. The molecule has 186 valence electrons. The van der Waals surface area contributed by atoms with Crippen LogP contribution < -0.4 is 5.32 Å². The van der Waals surface area contributed by atoms with Gasteiger partial charge in [-0.1, -0.05) is 66.2 Å². The summed E-state index contributed by atoms with van der Waals surface area (Å²) in [4.78, 5) is 53.1. The minimum atomic E-state index is -0.793. The van der Waals surface area contributed by atoms with Crippen LogP contribution in [0.2, 0.25) is 0 Å². The number of anilines is 1. The van der Waals surface area contributed by atoms with Crippen molar-refractivity contribution in [3.8, 4) is 0 Å². The van der Waals surface area contributed by atoms with Crippen LogP contribution in [0.3, 0.4) is 0 Å². The molecule has 7 heteroatoms. The molecule has 7 nitrogen and oxygen atoms in total. The van der Waals surface area contributed by atoms with Gasteiger partial charge in [-0.05, 0) is 47.7 Å². The molecule has 1 fully saturated rings. The molecule has 7 rings (SSSR count). The number of esters is 1. The molecule has 1 aliphatic heterocycles. The Morgan fingerprint density at radius 1 is 0.811 bits per heavy atom. The number of likely N-dealkylation sites (tertiary alicyclic amines) is 1. The molecule has 0 radical (unpaired) electrons. The van der Waals surface area contributed by atoms with Crippen LogP contribution in [0.4, 0.5) is 5.69 Å². The van der Waals surface area contributed by atoms with Gasteiger partial charge in [-0.3, -0.25) is 24.1 Å². The van der Waals surface area contributed by atoms with Crippen LogP contribution in [0.15, 0.2) is 66.7 Å². The van der Waals surface area contributed by atoms with Crippen molar-refractivity contribution in [2.24, 2.45) is 11.8 Å². The van der Waals surface area contributed by atoms with E-state index in [9.17, 15) is 19.2 Å². The maximum atomic E-state index is 13.6. The van der Waals surface area contributed by atoms with Gasteiger partial charge in [0.1, 0.15) is 6.54 Å². The Kier molecular flexibility index (Phi) is 5.44. The SMILES string of the molecule is Cc1ccc(NC(=O)COC(=O)CN2C(=O)[C@H]3C4c5ccccc5C(c5ccccc54)[C@@H]3C2=O)c(C)c1. The molecule has 3 aliphatic carbocycles. The number of carbonyl (C=O) groups is 4. The Labute approximate surface area is 214 Å². The van der Waals surface area contributed by atoms with Gasteiger partial charge in [0, 0.05) is 17.5 Å². The molecule has 1 heterocycles. The molecule has 3 aromatic carbocycles. The summed E-state index contributed by atoms with van der Waals surface area (Å²) >= 11 is 0. The summed E-state index contributed by atoms with van der Waals surface area (Å²) in [7, 11) is 0. The topological polar surface area (TPSA) is 92.8 Å². The average Bonchev–Trinajstić information content (AvgIpc) is 3.14. The van der Waals surface area contributed by atoms with Gasteiger partial charge in [-0.15, -0.1) is 0 Å². The van der Waals surface area contributed by atoms with Crippen molar-refractivity contribution in [3.63, 3.8) is 0 Å². The second-order valence-electron chi connectivity index (χ2n) is 10.1. The third-order valence-electron chi connectivity index (χ3n) is 7.85. The second-order valence-corrected chi connectivity index (χ2v) is 10.1. The summed E-state index contributed by atoms with van der Waals surface area (Å²) in [5.74, 6) is -3.57. The number of carbonyl (C=O) groups excluding carboxylic acids is 4. The van der Waals surface area contributed by atoms with Crippen LogP contribution in [0.1, 0.15) is 45.2 Å². The summed E-state index contributed by atoms with van der Waals surface area (Å²) < 4.78 is 5.15. The van der Waals surface area contributed by atoms with E-state index in [1.54, 1.807) is 6.07 Å². The van der Waals surface area contributed by atoms with E-state index in [1.165, 1.54) is 0 Å². The van der Waals surface area contributed by atoms with Crippen molar-refractivity contribution in [2.45, 2.75) is 25.7 Å². The molecule has 2 atom stereocenters.